The maximum Gasteiger partial charge on any atom is 0.167 e. The van der Waals surface area contributed by atoms with E-state index in [1.54, 1.807) is 0 Å². The van der Waals surface area contributed by atoms with E-state index in [1.807, 2.05) is 36.4 Å². The lowest BCUT2D eigenvalue weighted by molar-refractivity contribution is 0.0868. The van der Waals surface area contributed by atoms with E-state index in [4.69, 9.17) is 0 Å². The van der Waals surface area contributed by atoms with Gasteiger partial charge in [0, 0.05) is 18.0 Å². The van der Waals surface area contributed by atoms with Crippen molar-refractivity contribution in [2.75, 3.05) is 20.6 Å². The van der Waals surface area contributed by atoms with E-state index in [1.165, 1.54) is 11.1 Å². The monoisotopic (exact) mass is 385 g/mol. The van der Waals surface area contributed by atoms with Crippen LogP contribution in [-0.2, 0) is 6.42 Å². The molecule has 0 aliphatic heterocycles. The molecule has 150 valence electrons. The minimum absolute atomic E-state index is 0.0643. The van der Waals surface area contributed by atoms with Gasteiger partial charge in [0.2, 0.25) is 0 Å². The van der Waals surface area contributed by atoms with Crippen molar-refractivity contribution in [1.82, 2.24) is 4.90 Å². The molecule has 0 spiro atoms. The Balaban J connectivity index is 1.85. The SMILES string of the molecule is CN(C)CC(C(=O)c1ccccc1)C(CCCc1ccccc1)c1ccccc1. The predicted octanol–water partition coefficient (Wildman–Crippen LogP) is 5.85. The Morgan fingerprint density at radius 1 is 0.793 bits per heavy atom. The number of rotatable bonds is 10. The Hall–Kier alpha value is -2.71. The molecule has 0 heterocycles. The molecule has 0 saturated carbocycles. The number of hydrogen-bond donors (Lipinski definition) is 0. The summed E-state index contributed by atoms with van der Waals surface area (Å²) in [4.78, 5) is 15.6. The summed E-state index contributed by atoms with van der Waals surface area (Å²) >= 11 is 0. The number of hydrogen-bond acceptors (Lipinski definition) is 2. The predicted molar refractivity (Wildman–Crippen MR) is 121 cm³/mol. The summed E-state index contributed by atoms with van der Waals surface area (Å²) in [5.74, 6) is 0.383. The number of ketones is 1. The zero-order valence-electron chi connectivity index (χ0n) is 17.5. The summed E-state index contributed by atoms with van der Waals surface area (Å²) in [6.07, 6.45) is 3.10. The van der Waals surface area contributed by atoms with Gasteiger partial charge >= 0.3 is 0 Å². The first-order valence-corrected chi connectivity index (χ1v) is 10.5. The molecule has 2 unspecified atom stereocenters. The van der Waals surface area contributed by atoms with Gasteiger partial charge in [0.25, 0.3) is 0 Å². The molecule has 3 aromatic rings. The van der Waals surface area contributed by atoms with Crippen LogP contribution in [0.2, 0.25) is 0 Å². The van der Waals surface area contributed by atoms with Crippen LogP contribution in [0, 0.1) is 5.92 Å². The number of benzene rings is 3. The maximum atomic E-state index is 13.5. The zero-order valence-corrected chi connectivity index (χ0v) is 17.5. The molecule has 3 rings (SSSR count). The fourth-order valence-corrected chi connectivity index (χ4v) is 4.07. The molecule has 0 aliphatic carbocycles. The second-order valence-electron chi connectivity index (χ2n) is 7.99. The smallest absolute Gasteiger partial charge is 0.167 e. The molecule has 0 radical (unpaired) electrons. The lowest BCUT2D eigenvalue weighted by Crippen LogP contribution is -2.33. The van der Waals surface area contributed by atoms with Gasteiger partial charge in [-0.2, -0.15) is 0 Å². The molecule has 0 N–H and O–H groups in total. The van der Waals surface area contributed by atoms with E-state index < -0.39 is 0 Å². The van der Waals surface area contributed by atoms with Gasteiger partial charge in [-0.3, -0.25) is 4.79 Å². The molecule has 0 aliphatic rings. The Kier molecular flexibility index (Phi) is 7.77. The Morgan fingerprint density at radius 2 is 1.34 bits per heavy atom. The molecule has 2 atom stereocenters. The molecule has 0 saturated heterocycles. The van der Waals surface area contributed by atoms with E-state index in [2.05, 4.69) is 73.6 Å². The average molecular weight is 386 g/mol. The van der Waals surface area contributed by atoms with Gasteiger partial charge in [0.05, 0.1) is 0 Å². The Labute approximate surface area is 175 Å². The van der Waals surface area contributed by atoms with Crippen molar-refractivity contribution in [1.29, 1.82) is 0 Å². The molecule has 0 aromatic heterocycles. The molecular formula is C27H31NO. The quantitative estimate of drug-likeness (QED) is 0.408. The second-order valence-corrected chi connectivity index (χ2v) is 7.99. The number of carbonyl (C=O) groups is 1. The van der Waals surface area contributed by atoms with Crippen molar-refractivity contribution in [3.63, 3.8) is 0 Å². The van der Waals surface area contributed by atoms with Gasteiger partial charge in [-0.15, -0.1) is 0 Å². The van der Waals surface area contributed by atoms with Gasteiger partial charge in [0.1, 0.15) is 0 Å². The van der Waals surface area contributed by atoms with Crippen LogP contribution >= 0.6 is 0 Å². The number of nitrogens with zero attached hydrogens (tertiary/aromatic N) is 1. The normalized spacial score (nSPS) is 13.2. The number of Topliss-reactive ketones (excluding diaryl/α,β-unsaturated/α-hetero) is 1. The van der Waals surface area contributed by atoms with E-state index in [9.17, 15) is 4.79 Å². The summed E-state index contributed by atoms with van der Waals surface area (Å²) in [7, 11) is 4.11. The average Bonchev–Trinajstić information content (AvgIpc) is 2.77. The molecule has 3 aromatic carbocycles. The third-order valence-corrected chi connectivity index (χ3v) is 5.49. The van der Waals surface area contributed by atoms with Crippen LogP contribution in [0.1, 0.15) is 40.2 Å². The summed E-state index contributed by atoms with van der Waals surface area (Å²) in [6.45, 7) is 0.749. The van der Waals surface area contributed by atoms with E-state index >= 15 is 0 Å². The van der Waals surface area contributed by atoms with Crippen molar-refractivity contribution in [3.8, 4) is 0 Å². The van der Waals surface area contributed by atoms with Gasteiger partial charge in [-0.05, 0) is 50.4 Å². The molecule has 0 bridgehead atoms. The summed E-state index contributed by atoms with van der Waals surface area (Å²) in [6, 6.07) is 30.9. The summed E-state index contributed by atoms with van der Waals surface area (Å²) < 4.78 is 0. The highest BCUT2D eigenvalue weighted by atomic mass is 16.1. The van der Waals surface area contributed by atoms with Crippen molar-refractivity contribution in [2.24, 2.45) is 5.92 Å². The molecule has 0 fully saturated rings. The topological polar surface area (TPSA) is 20.3 Å². The highest BCUT2D eigenvalue weighted by Crippen LogP contribution is 2.33. The molecule has 2 nitrogen and oxygen atoms in total. The lowest BCUT2D eigenvalue weighted by Gasteiger charge is -2.29. The minimum Gasteiger partial charge on any atom is -0.309 e. The van der Waals surface area contributed by atoms with Gasteiger partial charge in [0.15, 0.2) is 5.78 Å². The molecule has 29 heavy (non-hydrogen) atoms. The zero-order chi connectivity index (χ0) is 20.5. The van der Waals surface area contributed by atoms with E-state index in [-0.39, 0.29) is 17.6 Å². The second kappa shape index (κ2) is 10.7. The fraction of sp³-hybridized carbons (Fsp3) is 0.296. The van der Waals surface area contributed by atoms with Crippen molar-refractivity contribution < 1.29 is 4.79 Å². The first-order valence-electron chi connectivity index (χ1n) is 10.5. The van der Waals surface area contributed by atoms with Crippen LogP contribution in [0.5, 0.6) is 0 Å². The molecule has 0 amide bonds. The van der Waals surface area contributed by atoms with Gasteiger partial charge in [-0.25, -0.2) is 0 Å². The van der Waals surface area contributed by atoms with Gasteiger partial charge < -0.3 is 4.90 Å². The van der Waals surface area contributed by atoms with Crippen LogP contribution in [0.4, 0.5) is 0 Å². The van der Waals surface area contributed by atoms with Crippen LogP contribution in [0.3, 0.4) is 0 Å². The minimum atomic E-state index is -0.0643. The summed E-state index contributed by atoms with van der Waals surface area (Å²) in [5.41, 5.74) is 3.43. The number of aryl methyl sites for hydroxylation is 1. The van der Waals surface area contributed by atoms with E-state index in [0.29, 0.717) is 0 Å². The molecule has 2 heteroatoms. The van der Waals surface area contributed by atoms with Crippen LogP contribution in [-0.4, -0.2) is 31.3 Å². The van der Waals surface area contributed by atoms with Crippen LogP contribution < -0.4 is 0 Å². The standard InChI is InChI=1S/C27H31NO/c1-28(2)21-26(27(29)24-18-10-5-11-19-24)25(23-16-8-4-9-17-23)20-12-15-22-13-6-3-7-14-22/h3-11,13-14,16-19,25-26H,12,15,20-21H2,1-2H3. The van der Waals surface area contributed by atoms with Crippen molar-refractivity contribution >= 4 is 5.78 Å². The van der Waals surface area contributed by atoms with Gasteiger partial charge in [-0.1, -0.05) is 91.0 Å². The third kappa shape index (κ3) is 6.13. The highest BCUT2D eigenvalue weighted by Gasteiger charge is 2.30. The van der Waals surface area contributed by atoms with Crippen molar-refractivity contribution in [3.05, 3.63) is 108 Å². The van der Waals surface area contributed by atoms with Crippen molar-refractivity contribution in [2.45, 2.75) is 25.2 Å². The highest BCUT2D eigenvalue weighted by molar-refractivity contribution is 5.98. The fourth-order valence-electron chi connectivity index (χ4n) is 4.07. The summed E-state index contributed by atoms with van der Waals surface area (Å²) in [5, 5.41) is 0. The van der Waals surface area contributed by atoms with E-state index in [0.717, 1.165) is 31.4 Å². The Bertz CT molecular complexity index is 859. The largest absolute Gasteiger partial charge is 0.309 e. The first-order chi connectivity index (χ1) is 14.1. The third-order valence-electron chi connectivity index (χ3n) is 5.49. The lowest BCUT2D eigenvalue weighted by atomic mass is 9.78. The van der Waals surface area contributed by atoms with Crippen LogP contribution in [0.15, 0.2) is 91.0 Å². The number of carbonyl (C=O) groups excluding carboxylic acids is 1. The van der Waals surface area contributed by atoms with Crippen LogP contribution in [0.25, 0.3) is 0 Å². The first kappa shape index (κ1) is 21.0. The molecular weight excluding hydrogens is 354 g/mol. The maximum absolute atomic E-state index is 13.5. The Morgan fingerprint density at radius 3 is 1.93 bits per heavy atom.